The molecule has 0 saturated carbocycles. The molecule has 1 aliphatic rings. The van der Waals surface area contributed by atoms with Crippen LogP contribution in [0.3, 0.4) is 0 Å². The Bertz CT molecular complexity index is 615. The van der Waals surface area contributed by atoms with Crippen molar-refractivity contribution in [1.29, 1.82) is 0 Å². The topological polar surface area (TPSA) is 43.4 Å². The van der Waals surface area contributed by atoms with Gasteiger partial charge in [-0.25, -0.2) is 0 Å². The first-order valence-corrected chi connectivity index (χ1v) is 6.50. The summed E-state index contributed by atoms with van der Waals surface area (Å²) in [6, 6.07) is 16.2. The van der Waals surface area contributed by atoms with Crippen molar-refractivity contribution < 1.29 is 14.3 Å². The highest BCUT2D eigenvalue weighted by Crippen LogP contribution is 2.44. The van der Waals surface area contributed by atoms with Gasteiger partial charge < -0.3 is 4.74 Å². The molecule has 99 valence electrons. The fraction of sp³-hybridized carbons (Fsp3) is 0.176. The first-order chi connectivity index (χ1) is 9.81. The van der Waals surface area contributed by atoms with Crippen LogP contribution in [0.1, 0.15) is 23.5 Å². The van der Waals surface area contributed by atoms with Crippen LogP contribution in [-0.2, 0) is 14.3 Å². The highest BCUT2D eigenvalue weighted by molar-refractivity contribution is 5.84. The normalized spacial score (nSPS) is 12.6. The van der Waals surface area contributed by atoms with Crippen LogP contribution < -0.4 is 0 Å². The minimum atomic E-state index is -0.526. The minimum Gasteiger partial charge on any atom is -0.464 e. The molecule has 3 heteroatoms. The van der Waals surface area contributed by atoms with E-state index >= 15 is 0 Å². The molecule has 0 N–H and O–H groups in total. The molecule has 3 nitrogen and oxygen atoms in total. The van der Waals surface area contributed by atoms with Gasteiger partial charge in [-0.1, -0.05) is 48.5 Å². The number of hydrogen-bond acceptors (Lipinski definition) is 3. The number of ether oxygens (including phenoxy) is 1. The van der Waals surface area contributed by atoms with Crippen LogP contribution >= 0.6 is 0 Å². The van der Waals surface area contributed by atoms with Crippen molar-refractivity contribution in [3.05, 3.63) is 59.7 Å². The van der Waals surface area contributed by atoms with Gasteiger partial charge in [-0.3, -0.25) is 9.59 Å². The third-order valence-electron chi connectivity index (χ3n) is 3.59. The molecule has 0 aliphatic heterocycles. The van der Waals surface area contributed by atoms with Gasteiger partial charge in [-0.2, -0.15) is 0 Å². The second kappa shape index (κ2) is 5.29. The molecule has 3 rings (SSSR count). The summed E-state index contributed by atoms with van der Waals surface area (Å²) in [4.78, 5) is 21.5. The molecule has 0 heterocycles. The molecule has 1 aliphatic carbocycles. The van der Waals surface area contributed by atoms with Crippen LogP contribution in [0.25, 0.3) is 11.1 Å². The predicted molar refractivity (Wildman–Crippen MR) is 75.0 cm³/mol. The minimum absolute atomic E-state index is 0.0398. The summed E-state index contributed by atoms with van der Waals surface area (Å²) in [6.45, 7) is 0.258. The van der Waals surface area contributed by atoms with E-state index in [9.17, 15) is 9.59 Å². The molecule has 0 bridgehead atoms. The van der Waals surface area contributed by atoms with Crippen molar-refractivity contribution >= 4 is 12.3 Å². The molecule has 0 unspecified atom stereocenters. The summed E-state index contributed by atoms with van der Waals surface area (Å²) in [7, 11) is 0. The summed E-state index contributed by atoms with van der Waals surface area (Å²) in [6.07, 6.45) is 1.25. The fourth-order valence-electron chi connectivity index (χ4n) is 2.73. The molecular weight excluding hydrogens is 252 g/mol. The zero-order valence-electron chi connectivity index (χ0n) is 10.8. The van der Waals surface area contributed by atoms with Crippen molar-refractivity contribution in [2.75, 3.05) is 6.61 Å². The standard InChI is InChI=1S/C17H13O3/c18-10-9-17(19)20-11-16-14-7-3-1-5-12(14)13-6-2-4-8-15(13)16/h1-8,16H,9,11H2. The van der Waals surface area contributed by atoms with Crippen molar-refractivity contribution in [3.8, 4) is 11.1 Å². The lowest BCUT2D eigenvalue weighted by Crippen LogP contribution is -2.12. The Morgan fingerprint density at radius 3 is 2.10 bits per heavy atom. The Morgan fingerprint density at radius 1 is 1.00 bits per heavy atom. The van der Waals surface area contributed by atoms with Gasteiger partial charge in [-0.15, -0.1) is 0 Å². The third kappa shape index (κ3) is 2.11. The molecular formula is C17H13O3. The molecule has 0 amide bonds. The second-order valence-electron chi connectivity index (χ2n) is 4.73. The van der Waals surface area contributed by atoms with Gasteiger partial charge in [0.1, 0.15) is 13.0 Å². The Morgan fingerprint density at radius 2 is 1.55 bits per heavy atom. The average molecular weight is 265 g/mol. The maximum atomic E-state index is 11.3. The number of carbonyl (C=O) groups excluding carboxylic acids is 2. The van der Waals surface area contributed by atoms with E-state index in [1.165, 1.54) is 11.1 Å². The highest BCUT2D eigenvalue weighted by Gasteiger charge is 2.28. The first kappa shape index (κ1) is 12.6. The van der Waals surface area contributed by atoms with E-state index in [0.717, 1.165) is 11.1 Å². The molecule has 0 aromatic heterocycles. The lowest BCUT2D eigenvalue weighted by Gasteiger charge is -2.13. The van der Waals surface area contributed by atoms with Gasteiger partial charge in [0, 0.05) is 5.92 Å². The van der Waals surface area contributed by atoms with Crippen LogP contribution in [-0.4, -0.2) is 18.9 Å². The van der Waals surface area contributed by atoms with E-state index in [-0.39, 0.29) is 18.9 Å². The molecule has 0 saturated heterocycles. The van der Waals surface area contributed by atoms with Gasteiger partial charge in [-0.05, 0) is 22.3 Å². The lowest BCUT2D eigenvalue weighted by atomic mass is 9.98. The van der Waals surface area contributed by atoms with Gasteiger partial charge in [0.15, 0.2) is 0 Å². The Kier molecular flexibility index (Phi) is 3.33. The van der Waals surface area contributed by atoms with Crippen LogP contribution in [0.4, 0.5) is 0 Å². The summed E-state index contributed by atoms with van der Waals surface area (Å²) >= 11 is 0. The number of esters is 1. The van der Waals surface area contributed by atoms with Gasteiger partial charge in [0.05, 0.1) is 0 Å². The molecule has 2 aromatic carbocycles. The average Bonchev–Trinajstić information content (AvgIpc) is 2.80. The number of benzene rings is 2. The van der Waals surface area contributed by atoms with Crippen molar-refractivity contribution in [2.24, 2.45) is 0 Å². The third-order valence-corrected chi connectivity index (χ3v) is 3.59. The van der Waals surface area contributed by atoms with Crippen LogP contribution in [0.5, 0.6) is 0 Å². The Labute approximate surface area is 117 Å². The zero-order chi connectivity index (χ0) is 13.9. The van der Waals surface area contributed by atoms with Crippen LogP contribution in [0.2, 0.25) is 0 Å². The Hall–Kier alpha value is -2.42. The number of carbonyl (C=O) groups is 1. The summed E-state index contributed by atoms with van der Waals surface area (Å²) < 4.78 is 5.18. The maximum absolute atomic E-state index is 11.3. The van der Waals surface area contributed by atoms with E-state index in [4.69, 9.17) is 4.74 Å². The molecule has 0 spiro atoms. The van der Waals surface area contributed by atoms with Crippen molar-refractivity contribution in [3.63, 3.8) is 0 Å². The quantitative estimate of drug-likeness (QED) is 0.630. The van der Waals surface area contributed by atoms with Gasteiger partial charge in [0.25, 0.3) is 0 Å². The molecule has 2 aromatic rings. The lowest BCUT2D eigenvalue weighted by molar-refractivity contribution is -0.142. The predicted octanol–water partition coefficient (Wildman–Crippen LogP) is 2.84. The first-order valence-electron chi connectivity index (χ1n) is 6.50. The van der Waals surface area contributed by atoms with Crippen LogP contribution in [0.15, 0.2) is 48.5 Å². The molecule has 0 atom stereocenters. The van der Waals surface area contributed by atoms with E-state index in [1.807, 2.05) is 24.3 Å². The summed E-state index contributed by atoms with van der Waals surface area (Å²) in [5.41, 5.74) is 4.70. The van der Waals surface area contributed by atoms with Gasteiger partial charge >= 0.3 is 5.97 Å². The maximum Gasteiger partial charge on any atom is 0.313 e. The largest absolute Gasteiger partial charge is 0.464 e. The van der Waals surface area contributed by atoms with E-state index in [0.29, 0.717) is 0 Å². The van der Waals surface area contributed by atoms with Gasteiger partial charge in [0.2, 0.25) is 6.29 Å². The SMILES string of the molecule is O=[C]CC(=O)OCC1c2ccccc2-c2ccccc21. The van der Waals surface area contributed by atoms with E-state index in [1.54, 1.807) is 6.29 Å². The van der Waals surface area contributed by atoms with E-state index in [2.05, 4.69) is 24.3 Å². The number of fused-ring (bicyclic) bond motifs is 3. The number of rotatable bonds is 4. The summed E-state index contributed by atoms with van der Waals surface area (Å²) in [5.74, 6) is -0.486. The molecule has 20 heavy (non-hydrogen) atoms. The number of hydrogen-bond donors (Lipinski definition) is 0. The highest BCUT2D eigenvalue weighted by atomic mass is 16.5. The van der Waals surface area contributed by atoms with E-state index < -0.39 is 5.97 Å². The molecule has 0 fully saturated rings. The zero-order valence-corrected chi connectivity index (χ0v) is 10.8. The second-order valence-corrected chi connectivity index (χ2v) is 4.73. The van der Waals surface area contributed by atoms with Crippen molar-refractivity contribution in [1.82, 2.24) is 0 Å². The smallest absolute Gasteiger partial charge is 0.313 e. The Balaban J connectivity index is 1.91. The van der Waals surface area contributed by atoms with Crippen molar-refractivity contribution in [2.45, 2.75) is 12.3 Å². The molecule has 1 radical (unpaired) electrons. The monoisotopic (exact) mass is 265 g/mol. The fourth-order valence-corrected chi connectivity index (χ4v) is 2.73. The van der Waals surface area contributed by atoms with Crippen LogP contribution in [0, 0.1) is 0 Å². The summed E-state index contributed by atoms with van der Waals surface area (Å²) in [5, 5.41) is 0.